The van der Waals surface area contributed by atoms with Crippen molar-refractivity contribution in [3.63, 3.8) is 0 Å². The fraction of sp³-hybridized carbons (Fsp3) is 0.759. The first-order valence-electron chi connectivity index (χ1n) is 14.1. The highest BCUT2D eigenvalue weighted by molar-refractivity contribution is 5.99. The third-order valence-electron chi connectivity index (χ3n) is 8.50. The number of ether oxygens (including phenoxy) is 2. The predicted octanol–water partition coefficient (Wildman–Crippen LogP) is 3.38. The van der Waals surface area contributed by atoms with Gasteiger partial charge in [0.1, 0.15) is 23.2 Å². The van der Waals surface area contributed by atoms with Crippen LogP contribution in [0.2, 0.25) is 0 Å². The van der Waals surface area contributed by atoms with Gasteiger partial charge in [-0.3, -0.25) is 14.4 Å². The summed E-state index contributed by atoms with van der Waals surface area (Å²) in [6.07, 6.45) is 14.0. The molecular weight excluding hydrogens is 472 g/mol. The van der Waals surface area contributed by atoms with E-state index in [1.807, 2.05) is 50.8 Å². The number of allylic oxidation sites excluding steroid dienone is 1. The van der Waals surface area contributed by atoms with Gasteiger partial charge in [0.05, 0.1) is 12.5 Å². The van der Waals surface area contributed by atoms with Gasteiger partial charge in [0.2, 0.25) is 11.8 Å². The second kappa shape index (κ2) is 10.9. The van der Waals surface area contributed by atoms with E-state index in [0.717, 1.165) is 32.1 Å². The molecule has 0 aromatic rings. The molecule has 1 unspecified atom stereocenters. The van der Waals surface area contributed by atoms with Crippen LogP contribution >= 0.6 is 0 Å². The smallest absolute Gasteiger partial charge is 0.313 e. The number of aliphatic hydroxyl groups is 1. The van der Waals surface area contributed by atoms with Gasteiger partial charge >= 0.3 is 5.97 Å². The van der Waals surface area contributed by atoms with Crippen molar-refractivity contribution in [2.45, 2.75) is 102 Å². The van der Waals surface area contributed by atoms with Crippen molar-refractivity contribution in [3.05, 3.63) is 24.3 Å². The number of cyclic esters (lactones) is 1. The molecule has 2 fully saturated rings. The van der Waals surface area contributed by atoms with Crippen molar-refractivity contribution in [1.82, 2.24) is 9.80 Å². The summed E-state index contributed by atoms with van der Waals surface area (Å²) in [6, 6.07) is -0.844. The second-order valence-corrected chi connectivity index (χ2v) is 11.9. The molecule has 0 aromatic heterocycles. The van der Waals surface area contributed by atoms with Crippen LogP contribution in [0.5, 0.6) is 0 Å². The number of likely N-dealkylation sites (tertiary alicyclic amines) is 1. The molecule has 37 heavy (non-hydrogen) atoms. The minimum absolute atomic E-state index is 0.143. The number of fused-ring (bicyclic) bond motifs is 2. The van der Waals surface area contributed by atoms with Crippen LogP contribution in [0.3, 0.4) is 0 Å². The average molecular weight is 517 g/mol. The van der Waals surface area contributed by atoms with Gasteiger partial charge in [0, 0.05) is 25.2 Å². The molecule has 5 atom stereocenters. The van der Waals surface area contributed by atoms with Crippen LogP contribution in [-0.4, -0.2) is 81.8 Å². The van der Waals surface area contributed by atoms with Crippen LogP contribution in [0.25, 0.3) is 0 Å². The van der Waals surface area contributed by atoms with Crippen molar-refractivity contribution in [2.75, 3.05) is 26.3 Å². The van der Waals surface area contributed by atoms with Crippen LogP contribution in [0.1, 0.15) is 79.1 Å². The van der Waals surface area contributed by atoms with Crippen molar-refractivity contribution in [3.8, 4) is 0 Å². The van der Waals surface area contributed by atoms with Gasteiger partial charge in [-0.1, -0.05) is 44.1 Å². The van der Waals surface area contributed by atoms with E-state index in [9.17, 15) is 14.4 Å². The zero-order valence-electron chi connectivity index (χ0n) is 22.9. The van der Waals surface area contributed by atoms with Gasteiger partial charge in [0.15, 0.2) is 0 Å². The van der Waals surface area contributed by atoms with Crippen LogP contribution < -0.4 is 0 Å². The standard InChI is InChI=1S/C29H44N2O6/c1-5-28-15-10-6-9-13-20-36-26(35)22(28)21-24(33)30(17-11-7-8-12-19-32)23-25(34)31(27(2,3)4)18-14-16-29(21,23)37-28/h10,14-16,21-23,32H,5-9,11-13,17-20H2,1-4H3/b15-10-/t21-,22+,23?,28-,29-/m0/s1. The third kappa shape index (κ3) is 4.87. The highest BCUT2D eigenvalue weighted by Crippen LogP contribution is 2.58. The summed E-state index contributed by atoms with van der Waals surface area (Å²) in [5, 5.41) is 9.13. The molecule has 0 saturated carbocycles. The maximum Gasteiger partial charge on any atom is 0.313 e. The lowest BCUT2D eigenvalue weighted by Gasteiger charge is -2.41. The minimum atomic E-state index is -1.24. The summed E-state index contributed by atoms with van der Waals surface area (Å²) in [5.41, 5.74) is -2.70. The van der Waals surface area contributed by atoms with E-state index in [2.05, 4.69) is 6.08 Å². The van der Waals surface area contributed by atoms with Gasteiger partial charge in [-0.25, -0.2) is 0 Å². The second-order valence-electron chi connectivity index (χ2n) is 11.9. The summed E-state index contributed by atoms with van der Waals surface area (Å²) in [5.74, 6) is -2.41. The Morgan fingerprint density at radius 3 is 2.46 bits per heavy atom. The zero-order valence-corrected chi connectivity index (χ0v) is 22.9. The molecule has 8 heteroatoms. The number of amides is 2. The molecule has 4 rings (SSSR count). The normalized spacial score (nSPS) is 35.1. The van der Waals surface area contributed by atoms with Crippen molar-refractivity contribution in [1.29, 1.82) is 0 Å². The monoisotopic (exact) mass is 516 g/mol. The quantitative estimate of drug-likeness (QED) is 0.317. The Morgan fingerprint density at radius 1 is 1.00 bits per heavy atom. The number of aliphatic hydroxyl groups excluding tert-OH is 1. The summed E-state index contributed by atoms with van der Waals surface area (Å²) in [6.45, 7) is 9.24. The Bertz CT molecular complexity index is 939. The molecule has 2 amide bonds. The van der Waals surface area contributed by atoms with E-state index >= 15 is 0 Å². The first kappa shape index (κ1) is 27.8. The lowest BCUT2D eigenvalue weighted by atomic mass is 9.73. The van der Waals surface area contributed by atoms with Crippen LogP contribution in [-0.2, 0) is 23.9 Å². The number of carbonyl (C=O) groups is 3. The van der Waals surface area contributed by atoms with Gasteiger partial charge in [-0.2, -0.15) is 0 Å². The zero-order chi connectivity index (χ0) is 26.8. The predicted molar refractivity (Wildman–Crippen MR) is 139 cm³/mol. The number of esters is 1. The van der Waals surface area contributed by atoms with Crippen LogP contribution in [0.4, 0.5) is 0 Å². The van der Waals surface area contributed by atoms with Gasteiger partial charge in [-0.05, 0) is 59.3 Å². The molecule has 0 radical (unpaired) electrons. The lowest BCUT2D eigenvalue weighted by Crippen LogP contribution is -2.59. The molecule has 2 saturated heterocycles. The van der Waals surface area contributed by atoms with E-state index in [1.165, 1.54) is 0 Å². The summed E-state index contributed by atoms with van der Waals surface area (Å²) in [7, 11) is 0. The number of hydrogen-bond acceptors (Lipinski definition) is 6. The molecule has 1 N–H and O–H groups in total. The Hall–Kier alpha value is -2.19. The number of carbonyl (C=O) groups excluding carboxylic acids is 3. The Kier molecular flexibility index (Phi) is 8.19. The molecule has 0 bridgehead atoms. The van der Waals surface area contributed by atoms with Gasteiger partial charge in [-0.15, -0.1) is 0 Å². The molecule has 4 aliphatic heterocycles. The van der Waals surface area contributed by atoms with E-state index in [4.69, 9.17) is 14.6 Å². The third-order valence-corrected chi connectivity index (χ3v) is 8.50. The Balaban J connectivity index is 1.80. The molecule has 1 spiro atoms. The summed E-state index contributed by atoms with van der Waals surface area (Å²) in [4.78, 5) is 45.6. The van der Waals surface area contributed by atoms with Crippen molar-refractivity contribution < 1.29 is 29.0 Å². The minimum Gasteiger partial charge on any atom is -0.465 e. The van der Waals surface area contributed by atoms with E-state index in [0.29, 0.717) is 39.0 Å². The topological polar surface area (TPSA) is 96.4 Å². The number of hydrogen-bond donors (Lipinski definition) is 1. The van der Waals surface area contributed by atoms with E-state index < -0.39 is 40.6 Å². The Morgan fingerprint density at radius 2 is 1.76 bits per heavy atom. The Labute approximate surface area is 221 Å². The maximum absolute atomic E-state index is 14.3. The van der Waals surface area contributed by atoms with E-state index in [-0.39, 0.29) is 18.4 Å². The molecule has 4 heterocycles. The van der Waals surface area contributed by atoms with Crippen LogP contribution in [0, 0.1) is 11.8 Å². The van der Waals surface area contributed by atoms with Crippen molar-refractivity contribution >= 4 is 17.8 Å². The molecule has 0 aliphatic carbocycles. The number of nitrogens with zero attached hydrogens (tertiary/aromatic N) is 2. The van der Waals surface area contributed by atoms with Gasteiger partial charge in [0.25, 0.3) is 0 Å². The average Bonchev–Trinajstić information content (AvgIpc) is 3.19. The maximum atomic E-state index is 14.3. The fourth-order valence-electron chi connectivity index (χ4n) is 6.63. The molecule has 206 valence electrons. The van der Waals surface area contributed by atoms with E-state index in [1.54, 1.807) is 4.90 Å². The molecule has 0 aromatic carbocycles. The number of rotatable bonds is 7. The first-order chi connectivity index (χ1) is 17.6. The SMILES string of the molecule is CC[C@]12/C=C\CCCCOC(=O)[C@H]1[C@H]1C(=O)N(CCCCCCO)C3C(=O)N(C(C)(C)C)CC=C[C@@]31O2. The largest absolute Gasteiger partial charge is 0.465 e. The van der Waals surface area contributed by atoms with Crippen molar-refractivity contribution in [2.24, 2.45) is 11.8 Å². The molecular formula is C29H44N2O6. The fourth-order valence-corrected chi connectivity index (χ4v) is 6.63. The summed E-state index contributed by atoms with van der Waals surface area (Å²) < 4.78 is 12.7. The summed E-state index contributed by atoms with van der Waals surface area (Å²) >= 11 is 0. The first-order valence-corrected chi connectivity index (χ1v) is 14.1. The highest BCUT2D eigenvalue weighted by atomic mass is 16.6. The highest BCUT2D eigenvalue weighted by Gasteiger charge is 2.75. The van der Waals surface area contributed by atoms with Crippen LogP contribution in [0.15, 0.2) is 24.3 Å². The number of unbranched alkanes of at least 4 members (excludes halogenated alkanes) is 3. The van der Waals surface area contributed by atoms with Gasteiger partial charge < -0.3 is 24.4 Å². The molecule has 4 aliphatic rings. The molecule has 8 nitrogen and oxygen atoms in total. The lowest BCUT2D eigenvalue weighted by molar-refractivity contribution is -0.162.